The van der Waals surface area contributed by atoms with Crippen LogP contribution in [0.4, 0.5) is 0 Å². The monoisotopic (exact) mass is 285 g/mol. The molecular formula is C9H20INO. The van der Waals surface area contributed by atoms with Gasteiger partial charge in [-0.25, -0.2) is 0 Å². The van der Waals surface area contributed by atoms with Gasteiger partial charge in [-0.05, 0) is 19.3 Å². The zero-order chi connectivity index (χ0) is 8.48. The predicted octanol–water partition coefficient (Wildman–Crippen LogP) is -2.14. The van der Waals surface area contributed by atoms with Gasteiger partial charge in [-0.1, -0.05) is 0 Å². The molecule has 0 aromatic heterocycles. The lowest BCUT2D eigenvalue weighted by molar-refractivity contribution is -0.873. The van der Waals surface area contributed by atoms with E-state index in [2.05, 4.69) is 21.1 Å². The Morgan fingerprint density at radius 1 is 1.25 bits per heavy atom. The predicted molar refractivity (Wildman–Crippen MR) is 46.2 cm³/mol. The number of rotatable bonds is 2. The van der Waals surface area contributed by atoms with Crippen LogP contribution in [0.3, 0.4) is 0 Å². The van der Waals surface area contributed by atoms with E-state index < -0.39 is 0 Å². The fourth-order valence-electron chi connectivity index (χ4n) is 1.99. The number of hydrogen-bond acceptors (Lipinski definition) is 1. The third kappa shape index (κ3) is 4.62. The molecule has 1 rings (SSSR count). The van der Waals surface area contributed by atoms with E-state index in [1.54, 1.807) is 0 Å². The number of quaternary nitrogens is 1. The quantitative estimate of drug-likeness (QED) is 0.453. The van der Waals surface area contributed by atoms with Crippen LogP contribution in [-0.4, -0.2) is 43.4 Å². The molecule has 0 amide bonds. The van der Waals surface area contributed by atoms with Gasteiger partial charge in [0.15, 0.2) is 0 Å². The first-order valence-corrected chi connectivity index (χ1v) is 4.46. The Bertz CT molecular complexity index is 133. The van der Waals surface area contributed by atoms with Crippen molar-refractivity contribution in [1.29, 1.82) is 0 Å². The van der Waals surface area contributed by atoms with E-state index in [9.17, 15) is 5.11 Å². The van der Waals surface area contributed by atoms with Crippen molar-refractivity contribution in [2.75, 3.05) is 27.7 Å². The zero-order valence-electron chi connectivity index (χ0n) is 8.26. The standard InChI is InChI=1S/C9H20NO.HI/c1-10(2,3)7-8-4-5-9(11)6-8;/h8-9,11H,4-7H2,1-3H3;1H/q+1;/p-1/t8-,9-;/m0./s1. The molecular weight excluding hydrogens is 265 g/mol. The average Bonchev–Trinajstić information content (AvgIpc) is 2.10. The van der Waals surface area contributed by atoms with E-state index in [1.165, 1.54) is 13.0 Å². The highest BCUT2D eigenvalue weighted by atomic mass is 127. The number of hydrogen-bond donors (Lipinski definition) is 1. The molecule has 0 saturated heterocycles. The van der Waals surface area contributed by atoms with E-state index in [-0.39, 0.29) is 30.1 Å². The van der Waals surface area contributed by atoms with Gasteiger partial charge in [-0.2, -0.15) is 0 Å². The van der Waals surface area contributed by atoms with Gasteiger partial charge in [0.1, 0.15) is 0 Å². The normalized spacial score (nSPS) is 30.0. The van der Waals surface area contributed by atoms with Crippen LogP contribution in [0.1, 0.15) is 19.3 Å². The van der Waals surface area contributed by atoms with Gasteiger partial charge in [0.05, 0.1) is 33.8 Å². The smallest absolute Gasteiger partial charge is 0.0809 e. The first-order valence-electron chi connectivity index (χ1n) is 4.46. The van der Waals surface area contributed by atoms with Crippen LogP contribution in [0.5, 0.6) is 0 Å². The molecule has 0 aliphatic heterocycles. The van der Waals surface area contributed by atoms with Gasteiger partial charge in [0.2, 0.25) is 0 Å². The SMILES string of the molecule is C[N+](C)(C)C[C@H]1CC[C@H](O)C1.[I-]. The number of aliphatic hydroxyl groups excluding tert-OH is 1. The number of aliphatic hydroxyl groups is 1. The maximum absolute atomic E-state index is 9.29. The average molecular weight is 285 g/mol. The molecule has 74 valence electrons. The Morgan fingerprint density at radius 2 is 1.83 bits per heavy atom. The molecule has 12 heavy (non-hydrogen) atoms. The first kappa shape index (κ1) is 12.7. The lowest BCUT2D eigenvalue weighted by atomic mass is 10.1. The first-order chi connectivity index (χ1) is 4.97. The topological polar surface area (TPSA) is 20.2 Å². The van der Waals surface area contributed by atoms with Crippen molar-refractivity contribution in [3.63, 3.8) is 0 Å². The van der Waals surface area contributed by atoms with Gasteiger partial charge in [-0.15, -0.1) is 0 Å². The maximum Gasteiger partial charge on any atom is 0.0809 e. The van der Waals surface area contributed by atoms with E-state index in [0.717, 1.165) is 23.2 Å². The molecule has 1 N–H and O–H groups in total. The van der Waals surface area contributed by atoms with Crippen molar-refractivity contribution >= 4 is 0 Å². The molecule has 1 fully saturated rings. The van der Waals surface area contributed by atoms with Gasteiger partial charge < -0.3 is 33.6 Å². The summed E-state index contributed by atoms with van der Waals surface area (Å²) >= 11 is 0. The molecule has 1 aliphatic rings. The summed E-state index contributed by atoms with van der Waals surface area (Å²) in [5, 5.41) is 9.29. The van der Waals surface area contributed by atoms with Crippen molar-refractivity contribution in [3.05, 3.63) is 0 Å². The molecule has 2 atom stereocenters. The molecule has 3 heteroatoms. The second kappa shape index (κ2) is 4.77. The highest BCUT2D eigenvalue weighted by molar-refractivity contribution is 4.73. The molecule has 0 radical (unpaired) electrons. The van der Waals surface area contributed by atoms with Crippen LogP contribution in [-0.2, 0) is 0 Å². The molecule has 0 unspecified atom stereocenters. The summed E-state index contributed by atoms with van der Waals surface area (Å²) in [6.45, 7) is 1.21. The van der Waals surface area contributed by atoms with Gasteiger partial charge in [0.25, 0.3) is 0 Å². The third-order valence-electron chi connectivity index (χ3n) is 2.32. The van der Waals surface area contributed by atoms with Crippen molar-refractivity contribution in [2.45, 2.75) is 25.4 Å². The van der Waals surface area contributed by atoms with Crippen LogP contribution < -0.4 is 24.0 Å². The third-order valence-corrected chi connectivity index (χ3v) is 2.32. The fraction of sp³-hybridized carbons (Fsp3) is 1.00. The van der Waals surface area contributed by atoms with Crippen molar-refractivity contribution in [1.82, 2.24) is 0 Å². The van der Waals surface area contributed by atoms with Gasteiger partial charge in [-0.3, -0.25) is 0 Å². The molecule has 1 aliphatic carbocycles. The molecule has 0 aromatic rings. The highest BCUT2D eigenvalue weighted by Gasteiger charge is 2.26. The van der Waals surface area contributed by atoms with Crippen molar-refractivity contribution < 1.29 is 33.6 Å². The molecule has 0 bridgehead atoms. The summed E-state index contributed by atoms with van der Waals surface area (Å²) in [4.78, 5) is 0. The molecule has 0 aromatic carbocycles. The van der Waals surface area contributed by atoms with E-state index in [1.807, 2.05) is 0 Å². The lowest BCUT2D eigenvalue weighted by Crippen LogP contribution is -3.00. The summed E-state index contributed by atoms with van der Waals surface area (Å²) in [5.74, 6) is 0.755. The maximum atomic E-state index is 9.29. The minimum Gasteiger partial charge on any atom is -1.00 e. The van der Waals surface area contributed by atoms with E-state index >= 15 is 0 Å². The molecule has 0 heterocycles. The Hall–Kier alpha value is 0.650. The summed E-state index contributed by atoms with van der Waals surface area (Å²) in [5.41, 5.74) is 0. The molecule has 2 nitrogen and oxygen atoms in total. The van der Waals surface area contributed by atoms with Crippen LogP contribution >= 0.6 is 0 Å². The van der Waals surface area contributed by atoms with E-state index in [4.69, 9.17) is 0 Å². The molecule has 1 saturated carbocycles. The molecule has 0 spiro atoms. The minimum atomic E-state index is -0.00782. The largest absolute Gasteiger partial charge is 1.00 e. The van der Waals surface area contributed by atoms with Crippen LogP contribution in [0.2, 0.25) is 0 Å². The number of halogens is 1. The Labute approximate surface area is 92.6 Å². The second-order valence-electron chi connectivity index (χ2n) is 4.81. The second-order valence-corrected chi connectivity index (χ2v) is 4.81. The minimum absolute atomic E-state index is 0. The summed E-state index contributed by atoms with van der Waals surface area (Å²) < 4.78 is 1.03. The van der Waals surface area contributed by atoms with Crippen LogP contribution in [0, 0.1) is 5.92 Å². The zero-order valence-corrected chi connectivity index (χ0v) is 10.4. The fourth-order valence-corrected chi connectivity index (χ4v) is 1.99. The van der Waals surface area contributed by atoms with Crippen LogP contribution in [0.25, 0.3) is 0 Å². The Morgan fingerprint density at radius 3 is 2.17 bits per heavy atom. The van der Waals surface area contributed by atoms with Crippen molar-refractivity contribution in [3.8, 4) is 0 Å². The van der Waals surface area contributed by atoms with Gasteiger partial charge in [0, 0.05) is 5.92 Å². The van der Waals surface area contributed by atoms with Crippen molar-refractivity contribution in [2.24, 2.45) is 5.92 Å². The Kier molecular flexibility index (Phi) is 5.02. The summed E-state index contributed by atoms with van der Waals surface area (Å²) in [6.07, 6.45) is 3.25. The highest BCUT2D eigenvalue weighted by Crippen LogP contribution is 2.26. The number of nitrogens with zero attached hydrogens (tertiary/aromatic N) is 1. The van der Waals surface area contributed by atoms with Crippen LogP contribution in [0.15, 0.2) is 0 Å². The van der Waals surface area contributed by atoms with E-state index in [0.29, 0.717) is 0 Å². The summed E-state index contributed by atoms with van der Waals surface area (Å²) in [6, 6.07) is 0. The van der Waals surface area contributed by atoms with Gasteiger partial charge >= 0.3 is 0 Å². The lowest BCUT2D eigenvalue weighted by Gasteiger charge is -2.27. The summed E-state index contributed by atoms with van der Waals surface area (Å²) in [7, 11) is 6.64. The Balaban J connectivity index is 0.00000121.